The number of aromatic amines is 1. The summed E-state index contributed by atoms with van der Waals surface area (Å²) in [5.74, 6) is -0.712. The number of hydrogen-bond donors (Lipinski definition) is 5. The maximum atomic E-state index is 13.3. The SMILES string of the molecule is O=C(Nc1cc[nH]c1)Nc1nonc1C(=Nc1ccc(F)c(Br)c1)NO. The number of amidine groups is 1. The lowest BCUT2D eigenvalue weighted by Crippen LogP contribution is -2.25. The van der Waals surface area contributed by atoms with Gasteiger partial charge in [0.2, 0.25) is 5.82 Å². The first kappa shape index (κ1) is 17.6. The number of anilines is 2. The summed E-state index contributed by atoms with van der Waals surface area (Å²) in [5.41, 5.74) is 2.63. The zero-order valence-corrected chi connectivity index (χ0v) is 14.4. The van der Waals surface area contributed by atoms with Gasteiger partial charge in [-0.15, -0.1) is 0 Å². The molecule has 5 N–H and O–H groups in total. The molecule has 0 bridgehead atoms. The predicted molar refractivity (Wildman–Crippen MR) is 93.0 cm³/mol. The second-order valence-electron chi connectivity index (χ2n) is 4.81. The monoisotopic (exact) mass is 423 g/mol. The summed E-state index contributed by atoms with van der Waals surface area (Å²) in [7, 11) is 0. The Kier molecular flexibility index (Phi) is 5.24. The molecule has 0 fully saturated rings. The van der Waals surface area contributed by atoms with E-state index in [1.165, 1.54) is 18.2 Å². The molecule has 2 heterocycles. The van der Waals surface area contributed by atoms with Crippen LogP contribution in [0.4, 0.5) is 26.4 Å². The van der Waals surface area contributed by atoms with Gasteiger partial charge in [-0.05, 0) is 50.5 Å². The summed E-state index contributed by atoms with van der Waals surface area (Å²) < 4.78 is 18.1. The maximum Gasteiger partial charge on any atom is 0.325 e. The Labute approximate surface area is 153 Å². The molecule has 0 aliphatic heterocycles. The summed E-state index contributed by atoms with van der Waals surface area (Å²) in [6, 6.07) is 5.02. The van der Waals surface area contributed by atoms with Gasteiger partial charge in [-0.1, -0.05) is 0 Å². The molecule has 3 aromatic rings. The van der Waals surface area contributed by atoms with Crippen LogP contribution in [0, 0.1) is 5.82 Å². The van der Waals surface area contributed by atoms with Gasteiger partial charge in [0.15, 0.2) is 11.5 Å². The number of urea groups is 1. The minimum atomic E-state index is -0.608. The largest absolute Gasteiger partial charge is 0.366 e. The van der Waals surface area contributed by atoms with E-state index in [0.717, 1.165) is 0 Å². The molecule has 134 valence electrons. The van der Waals surface area contributed by atoms with Crippen LogP contribution in [0.1, 0.15) is 5.69 Å². The first-order valence-corrected chi connectivity index (χ1v) is 7.83. The van der Waals surface area contributed by atoms with Crippen molar-refractivity contribution in [2.24, 2.45) is 4.99 Å². The Hall–Kier alpha value is -3.25. The quantitative estimate of drug-likeness (QED) is 0.248. The summed E-state index contributed by atoms with van der Waals surface area (Å²) in [6.45, 7) is 0. The number of aromatic nitrogens is 3. The number of hydrogen-bond acceptors (Lipinski definition) is 6. The van der Waals surface area contributed by atoms with Crippen molar-refractivity contribution in [1.82, 2.24) is 20.8 Å². The standard InChI is InChI=1S/C14H11BrFN7O3/c15-9-5-7(1-2-10(9)16)18-12(21-25)11-13(23-26-22-11)20-14(24)19-8-3-4-17-6-8/h1-6,17,25H,(H,18,21)(H2,19,20,23,24). The van der Waals surface area contributed by atoms with Crippen LogP contribution in [0.3, 0.4) is 0 Å². The second-order valence-corrected chi connectivity index (χ2v) is 5.67. The molecule has 26 heavy (non-hydrogen) atoms. The van der Waals surface area contributed by atoms with Crippen molar-refractivity contribution >= 4 is 45.0 Å². The van der Waals surface area contributed by atoms with Crippen LogP contribution in [-0.4, -0.2) is 32.4 Å². The molecule has 0 aliphatic rings. The van der Waals surface area contributed by atoms with Crippen molar-refractivity contribution in [1.29, 1.82) is 0 Å². The van der Waals surface area contributed by atoms with Crippen LogP contribution in [0.5, 0.6) is 0 Å². The van der Waals surface area contributed by atoms with Crippen molar-refractivity contribution in [3.05, 3.63) is 52.6 Å². The molecule has 12 heteroatoms. The van der Waals surface area contributed by atoms with Gasteiger partial charge < -0.3 is 10.3 Å². The fraction of sp³-hybridized carbons (Fsp3) is 0. The molecule has 0 radical (unpaired) electrons. The molecular formula is C14H11BrFN7O3. The summed E-state index contributed by atoms with van der Waals surface area (Å²) in [6.07, 6.45) is 3.22. The number of H-pyrrole nitrogens is 1. The van der Waals surface area contributed by atoms with Gasteiger partial charge in [0.25, 0.3) is 0 Å². The lowest BCUT2D eigenvalue weighted by Gasteiger charge is -2.06. The molecule has 10 nitrogen and oxygen atoms in total. The number of nitrogens with one attached hydrogen (secondary N) is 4. The van der Waals surface area contributed by atoms with Crippen LogP contribution in [-0.2, 0) is 0 Å². The van der Waals surface area contributed by atoms with E-state index in [0.29, 0.717) is 11.4 Å². The molecule has 2 amide bonds. The smallest absolute Gasteiger partial charge is 0.325 e. The number of hydroxylamine groups is 1. The van der Waals surface area contributed by atoms with Crippen LogP contribution in [0.25, 0.3) is 0 Å². The van der Waals surface area contributed by atoms with E-state index in [1.807, 2.05) is 5.48 Å². The van der Waals surface area contributed by atoms with E-state index in [-0.39, 0.29) is 21.8 Å². The van der Waals surface area contributed by atoms with Crippen molar-refractivity contribution < 1.29 is 19.0 Å². The first-order chi connectivity index (χ1) is 12.6. The number of aliphatic imine (C=N–C) groups is 1. The van der Waals surface area contributed by atoms with E-state index in [4.69, 9.17) is 0 Å². The Morgan fingerprint density at radius 3 is 2.85 bits per heavy atom. The summed E-state index contributed by atoms with van der Waals surface area (Å²) >= 11 is 3.04. The highest BCUT2D eigenvalue weighted by atomic mass is 79.9. The summed E-state index contributed by atoms with van der Waals surface area (Å²) in [4.78, 5) is 18.8. The van der Waals surface area contributed by atoms with E-state index in [9.17, 15) is 14.4 Å². The van der Waals surface area contributed by atoms with Gasteiger partial charge >= 0.3 is 6.03 Å². The highest BCUT2D eigenvalue weighted by Gasteiger charge is 2.19. The van der Waals surface area contributed by atoms with E-state index >= 15 is 0 Å². The van der Waals surface area contributed by atoms with Crippen molar-refractivity contribution in [2.45, 2.75) is 0 Å². The third-order valence-electron chi connectivity index (χ3n) is 3.05. The zero-order chi connectivity index (χ0) is 18.5. The zero-order valence-electron chi connectivity index (χ0n) is 12.8. The molecule has 0 unspecified atom stereocenters. The molecule has 0 saturated carbocycles. The maximum absolute atomic E-state index is 13.3. The minimum Gasteiger partial charge on any atom is -0.366 e. The molecular weight excluding hydrogens is 413 g/mol. The average molecular weight is 424 g/mol. The van der Waals surface area contributed by atoms with Crippen LogP contribution in [0.15, 0.2) is 50.8 Å². The van der Waals surface area contributed by atoms with Gasteiger partial charge in [-0.25, -0.2) is 18.8 Å². The number of amides is 2. The number of carbonyl (C=O) groups is 1. The number of halogens is 2. The number of carbonyl (C=O) groups excluding carboxylic acids is 1. The van der Waals surface area contributed by atoms with Crippen molar-refractivity contribution in [3.8, 4) is 0 Å². The minimum absolute atomic E-state index is 0.0582. The van der Waals surface area contributed by atoms with Gasteiger partial charge in [0.1, 0.15) is 5.82 Å². The number of benzene rings is 1. The third kappa shape index (κ3) is 4.04. The second kappa shape index (κ2) is 7.76. The van der Waals surface area contributed by atoms with Crippen LogP contribution >= 0.6 is 15.9 Å². The van der Waals surface area contributed by atoms with Gasteiger partial charge in [-0.2, -0.15) is 0 Å². The summed E-state index contributed by atoms with van der Waals surface area (Å²) in [5, 5.41) is 21.5. The number of rotatable bonds is 4. The van der Waals surface area contributed by atoms with Gasteiger partial charge in [0.05, 0.1) is 15.8 Å². The topological polar surface area (TPSA) is 140 Å². The van der Waals surface area contributed by atoms with Gasteiger partial charge in [0, 0.05) is 12.4 Å². The predicted octanol–water partition coefficient (Wildman–Crippen LogP) is 3.00. The van der Waals surface area contributed by atoms with Crippen molar-refractivity contribution in [2.75, 3.05) is 10.6 Å². The molecule has 3 rings (SSSR count). The van der Waals surface area contributed by atoms with E-state index < -0.39 is 11.8 Å². The van der Waals surface area contributed by atoms with Crippen LogP contribution in [0.2, 0.25) is 0 Å². The highest BCUT2D eigenvalue weighted by Crippen LogP contribution is 2.23. The van der Waals surface area contributed by atoms with Crippen molar-refractivity contribution in [3.63, 3.8) is 0 Å². The highest BCUT2D eigenvalue weighted by molar-refractivity contribution is 9.10. The molecule has 0 saturated heterocycles. The normalized spacial score (nSPS) is 11.3. The average Bonchev–Trinajstić information content (AvgIpc) is 3.28. The fourth-order valence-electron chi connectivity index (χ4n) is 1.91. The first-order valence-electron chi connectivity index (χ1n) is 7.04. The lowest BCUT2D eigenvalue weighted by atomic mass is 10.3. The Morgan fingerprint density at radius 2 is 2.15 bits per heavy atom. The molecule has 0 atom stereocenters. The lowest BCUT2D eigenvalue weighted by molar-refractivity contribution is 0.234. The fourth-order valence-corrected chi connectivity index (χ4v) is 2.28. The Balaban J connectivity index is 1.81. The molecule has 1 aromatic carbocycles. The molecule has 0 spiro atoms. The van der Waals surface area contributed by atoms with Gasteiger partial charge in [-0.3, -0.25) is 16.0 Å². The van der Waals surface area contributed by atoms with E-state index in [1.54, 1.807) is 18.5 Å². The number of nitrogens with zero attached hydrogens (tertiary/aromatic N) is 3. The molecule has 2 aromatic heterocycles. The molecule has 0 aliphatic carbocycles. The van der Waals surface area contributed by atoms with E-state index in [2.05, 4.69) is 51.5 Å². The Morgan fingerprint density at radius 1 is 1.31 bits per heavy atom. The van der Waals surface area contributed by atoms with Crippen LogP contribution < -0.4 is 16.1 Å². The Bertz CT molecular complexity index is 942. The third-order valence-corrected chi connectivity index (χ3v) is 3.66.